The summed E-state index contributed by atoms with van der Waals surface area (Å²) in [5.41, 5.74) is 7.06. The molecule has 0 bridgehead atoms. The maximum absolute atomic E-state index is 12.1. The van der Waals surface area contributed by atoms with Gasteiger partial charge in [-0.1, -0.05) is 30.3 Å². The first kappa shape index (κ1) is 19.2. The van der Waals surface area contributed by atoms with E-state index < -0.39 is 11.8 Å². The normalized spacial score (nSPS) is 10.4. The van der Waals surface area contributed by atoms with Gasteiger partial charge in [-0.05, 0) is 43.7 Å². The molecule has 0 unspecified atom stereocenters. The van der Waals surface area contributed by atoms with Gasteiger partial charge in [0, 0.05) is 5.56 Å². The molecule has 7 nitrogen and oxygen atoms in total. The fourth-order valence-electron chi connectivity index (χ4n) is 2.52. The van der Waals surface area contributed by atoms with Gasteiger partial charge in [0.25, 0.3) is 5.91 Å². The van der Waals surface area contributed by atoms with Crippen molar-refractivity contribution in [3.8, 4) is 17.2 Å². The van der Waals surface area contributed by atoms with Gasteiger partial charge in [0.1, 0.15) is 11.5 Å². The molecule has 0 radical (unpaired) electrons. The van der Waals surface area contributed by atoms with Crippen molar-refractivity contribution >= 4 is 11.8 Å². The zero-order chi connectivity index (χ0) is 19.9. The van der Waals surface area contributed by atoms with E-state index in [1.54, 1.807) is 13.0 Å². The number of rotatable bonds is 6. The largest absolute Gasteiger partial charge is 0.484 e. The number of nitrogens with one attached hydrogen (secondary N) is 2. The molecule has 1 heterocycles. The molecule has 7 heteroatoms. The first-order chi connectivity index (χ1) is 13.5. The van der Waals surface area contributed by atoms with Crippen LogP contribution in [0.4, 0.5) is 0 Å². The van der Waals surface area contributed by atoms with Gasteiger partial charge >= 0.3 is 0 Å². The number of hydrogen-bond acceptors (Lipinski definition) is 5. The van der Waals surface area contributed by atoms with Crippen LogP contribution in [0.5, 0.6) is 5.75 Å². The van der Waals surface area contributed by atoms with Crippen LogP contribution >= 0.6 is 0 Å². The summed E-state index contributed by atoms with van der Waals surface area (Å²) in [4.78, 5) is 28.3. The average molecular weight is 379 g/mol. The van der Waals surface area contributed by atoms with Gasteiger partial charge in [-0.15, -0.1) is 0 Å². The van der Waals surface area contributed by atoms with Crippen molar-refractivity contribution in [2.75, 3.05) is 6.61 Å². The summed E-state index contributed by atoms with van der Waals surface area (Å²) in [6, 6.07) is 16.8. The van der Waals surface area contributed by atoms with Gasteiger partial charge in [-0.3, -0.25) is 20.4 Å². The van der Waals surface area contributed by atoms with E-state index in [2.05, 4.69) is 15.8 Å². The van der Waals surface area contributed by atoms with E-state index in [1.807, 2.05) is 55.5 Å². The number of oxazole rings is 1. The maximum Gasteiger partial charge on any atom is 0.276 e. The maximum atomic E-state index is 12.1. The van der Waals surface area contributed by atoms with Crippen LogP contribution in [-0.2, 0) is 16.0 Å². The highest BCUT2D eigenvalue weighted by molar-refractivity contribution is 5.83. The minimum atomic E-state index is -0.461. The van der Waals surface area contributed by atoms with Crippen LogP contribution in [0, 0.1) is 13.8 Å². The molecule has 3 rings (SSSR count). The Hall–Kier alpha value is -3.61. The molecule has 0 aliphatic carbocycles. The Kier molecular flexibility index (Phi) is 6.06. The van der Waals surface area contributed by atoms with Crippen LogP contribution in [-0.4, -0.2) is 23.4 Å². The highest BCUT2D eigenvalue weighted by Gasteiger charge is 2.15. The predicted molar refractivity (Wildman–Crippen MR) is 103 cm³/mol. The van der Waals surface area contributed by atoms with Gasteiger partial charge < -0.3 is 9.15 Å². The fourth-order valence-corrected chi connectivity index (χ4v) is 2.52. The third kappa shape index (κ3) is 5.20. The number of hydrazine groups is 1. The van der Waals surface area contributed by atoms with E-state index in [0.29, 0.717) is 23.1 Å². The number of ether oxygens (including phenoxy) is 1. The highest BCUT2D eigenvalue weighted by atomic mass is 16.5. The van der Waals surface area contributed by atoms with Crippen LogP contribution in [0.25, 0.3) is 11.5 Å². The first-order valence-corrected chi connectivity index (χ1v) is 8.80. The quantitative estimate of drug-likeness (QED) is 0.643. The summed E-state index contributed by atoms with van der Waals surface area (Å²) in [7, 11) is 0. The Labute approximate surface area is 162 Å². The smallest absolute Gasteiger partial charge is 0.276 e. The zero-order valence-corrected chi connectivity index (χ0v) is 15.7. The molecule has 2 N–H and O–H groups in total. The second-order valence-electron chi connectivity index (χ2n) is 6.27. The van der Waals surface area contributed by atoms with Crippen LogP contribution < -0.4 is 15.6 Å². The molecule has 2 amide bonds. The van der Waals surface area contributed by atoms with Gasteiger partial charge in [0.15, 0.2) is 6.61 Å². The Morgan fingerprint density at radius 2 is 1.75 bits per heavy atom. The van der Waals surface area contributed by atoms with Gasteiger partial charge in [0.05, 0.1) is 12.1 Å². The standard InChI is InChI=1S/C21H21N3O4/c1-14-7-6-10-17(11-14)27-13-20(26)24-23-19(25)12-18-15(2)28-21(22-18)16-8-4-3-5-9-16/h3-11H,12-13H2,1-2H3,(H,23,25)(H,24,26). The topological polar surface area (TPSA) is 93.5 Å². The van der Waals surface area contributed by atoms with E-state index in [0.717, 1.165) is 11.1 Å². The van der Waals surface area contributed by atoms with Crippen molar-refractivity contribution < 1.29 is 18.7 Å². The molecule has 0 aliphatic heterocycles. The first-order valence-electron chi connectivity index (χ1n) is 8.80. The second kappa shape index (κ2) is 8.85. The van der Waals surface area contributed by atoms with Crippen molar-refractivity contribution in [1.82, 2.24) is 15.8 Å². The monoisotopic (exact) mass is 379 g/mol. The van der Waals surface area contributed by atoms with Gasteiger partial charge in [-0.25, -0.2) is 4.98 Å². The summed E-state index contributed by atoms with van der Waals surface area (Å²) in [5.74, 6) is 0.740. The number of benzene rings is 2. The zero-order valence-electron chi connectivity index (χ0n) is 15.7. The van der Waals surface area contributed by atoms with Crippen molar-refractivity contribution in [2.24, 2.45) is 0 Å². The van der Waals surface area contributed by atoms with E-state index in [9.17, 15) is 9.59 Å². The summed E-state index contributed by atoms with van der Waals surface area (Å²) in [5, 5.41) is 0. The lowest BCUT2D eigenvalue weighted by Crippen LogP contribution is -2.44. The molecule has 144 valence electrons. The third-order valence-corrected chi connectivity index (χ3v) is 3.94. The number of aryl methyl sites for hydroxylation is 2. The summed E-state index contributed by atoms with van der Waals surface area (Å²) >= 11 is 0. The Morgan fingerprint density at radius 1 is 1.00 bits per heavy atom. The number of hydrogen-bond donors (Lipinski definition) is 2. The summed E-state index contributed by atoms with van der Waals surface area (Å²) in [6.45, 7) is 3.48. The van der Waals surface area contributed by atoms with E-state index in [-0.39, 0.29) is 13.0 Å². The van der Waals surface area contributed by atoms with E-state index in [4.69, 9.17) is 9.15 Å². The summed E-state index contributed by atoms with van der Waals surface area (Å²) in [6.07, 6.45) is -0.0127. The number of carbonyl (C=O) groups is 2. The van der Waals surface area contributed by atoms with Crippen LogP contribution in [0.2, 0.25) is 0 Å². The molecule has 0 spiro atoms. The number of aromatic nitrogens is 1. The molecule has 1 aromatic heterocycles. The number of amides is 2. The molecule has 28 heavy (non-hydrogen) atoms. The van der Waals surface area contributed by atoms with E-state index >= 15 is 0 Å². The Bertz CT molecular complexity index is 967. The average Bonchev–Trinajstić information content (AvgIpc) is 3.06. The van der Waals surface area contributed by atoms with Gasteiger partial charge in [0.2, 0.25) is 11.8 Å². The minimum absolute atomic E-state index is 0.0127. The van der Waals surface area contributed by atoms with Crippen molar-refractivity contribution in [1.29, 1.82) is 0 Å². The molecular weight excluding hydrogens is 358 g/mol. The third-order valence-electron chi connectivity index (χ3n) is 3.94. The SMILES string of the molecule is Cc1cccc(OCC(=O)NNC(=O)Cc2nc(-c3ccccc3)oc2C)c1. The molecule has 3 aromatic rings. The molecule has 0 fully saturated rings. The Balaban J connectivity index is 1.48. The molecular formula is C21H21N3O4. The fraction of sp³-hybridized carbons (Fsp3) is 0.190. The molecule has 0 saturated heterocycles. The van der Waals surface area contributed by atoms with Crippen molar-refractivity contribution in [2.45, 2.75) is 20.3 Å². The Morgan fingerprint density at radius 3 is 2.50 bits per heavy atom. The predicted octanol–water partition coefficient (Wildman–Crippen LogP) is 2.73. The lowest BCUT2D eigenvalue weighted by molar-refractivity contribution is -0.129. The molecule has 0 aliphatic rings. The lowest BCUT2D eigenvalue weighted by Gasteiger charge is -2.08. The number of nitrogens with zero attached hydrogens (tertiary/aromatic N) is 1. The summed E-state index contributed by atoms with van der Waals surface area (Å²) < 4.78 is 11.0. The van der Waals surface area contributed by atoms with Gasteiger partial charge in [-0.2, -0.15) is 0 Å². The second-order valence-corrected chi connectivity index (χ2v) is 6.27. The van der Waals surface area contributed by atoms with E-state index in [1.165, 1.54) is 0 Å². The van der Waals surface area contributed by atoms with Crippen LogP contribution in [0.1, 0.15) is 17.0 Å². The minimum Gasteiger partial charge on any atom is -0.484 e. The number of carbonyl (C=O) groups excluding carboxylic acids is 2. The molecule has 0 atom stereocenters. The van der Waals surface area contributed by atoms with Crippen molar-refractivity contribution in [3.63, 3.8) is 0 Å². The van der Waals surface area contributed by atoms with Crippen LogP contribution in [0.15, 0.2) is 59.0 Å². The van der Waals surface area contributed by atoms with Crippen LogP contribution in [0.3, 0.4) is 0 Å². The lowest BCUT2D eigenvalue weighted by atomic mass is 10.2. The van der Waals surface area contributed by atoms with Crippen molar-refractivity contribution in [3.05, 3.63) is 71.6 Å². The molecule has 2 aromatic carbocycles. The molecule has 0 saturated carbocycles. The highest BCUT2D eigenvalue weighted by Crippen LogP contribution is 2.21.